The van der Waals surface area contributed by atoms with E-state index in [9.17, 15) is 0 Å². The van der Waals surface area contributed by atoms with Crippen molar-refractivity contribution < 1.29 is 4.74 Å². The van der Waals surface area contributed by atoms with E-state index in [2.05, 4.69) is 38.0 Å². The van der Waals surface area contributed by atoms with E-state index < -0.39 is 0 Å². The topological polar surface area (TPSA) is 67.6 Å². The van der Waals surface area contributed by atoms with Gasteiger partial charge in [-0.15, -0.1) is 0 Å². The summed E-state index contributed by atoms with van der Waals surface area (Å²) in [6, 6.07) is 24.2. The number of para-hydroxylation sites is 2. The van der Waals surface area contributed by atoms with Crippen molar-refractivity contribution in [2.45, 2.75) is 0 Å². The quantitative estimate of drug-likeness (QED) is 0.320. The average Bonchev–Trinajstić information content (AvgIpc) is 2.94. The lowest BCUT2D eigenvalue weighted by Crippen LogP contribution is -2.38. The minimum atomic E-state index is 0.690. The second-order valence-corrected chi connectivity index (χ2v) is 9.41. The van der Waals surface area contributed by atoms with Gasteiger partial charge in [-0.05, 0) is 60.7 Å². The Morgan fingerprint density at radius 1 is 0.973 bits per heavy atom. The van der Waals surface area contributed by atoms with E-state index in [0.29, 0.717) is 11.6 Å². The molecule has 0 bridgehead atoms. The number of ether oxygens (including phenoxy) is 1. The van der Waals surface area contributed by atoms with Gasteiger partial charge in [-0.2, -0.15) is 0 Å². The van der Waals surface area contributed by atoms with Gasteiger partial charge in [-0.25, -0.2) is 4.98 Å². The van der Waals surface area contributed by atoms with E-state index in [1.165, 1.54) is 0 Å². The summed E-state index contributed by atoms with van der Waals surface area (Å²) < 4.78 is 7.71. The lowest BCUT2D eigenvalue weighted by atomic mass is 10.1. The molecule has 6 rings (SSSR count). The lowest BCUT2D eigenvalue weighted by Gasteiger charge is -2.25. The summed E-state index contributed by atoms with van der Waals surface area (Å²) in [4.78, 5) is 16.7. The molecule has 186 valence electrons. The number of morpholine rings is 1. The van der Waals surface area contributed by atoms with Gasteiger partial charge < -0.3 is 14.6 Å². The maximum Gasteiger partial charge on any atom is 0.0900 e. The minimum absolute atomic E-state index is 0.690. The largest absolute Gasteiger partial charge is 0.379 e. The Kier molecular flexibility index (Phi) is 6.82. The van der Waals surface area contributed by atoms with Crippen LogP contribution in [0.4, 0.5) is 11.4 Å². The zero-order valence-electron chi connectivity index (χ0n) is 20.3. The van der Waals surface area contributed by atoms with Crippen LogP contribution in [-0.2, 0) is 4.74 Å². The Morgan fingerprint density at radius 2 is 1.81 bits per heavy atom. The van der Waals surface area contributed by atoms with E-state index in [1.54, 1.807) is 6.20 Å². The second kappa shape index (κ2) is 10.7. The highest BCUT2D eigenvalue weighted by atomic mass is 35.5. The van der Waals surface area contributed by atoms with Crippen molar-refractivity contribution in [2.24, 2.45) is 4.99 Å². The molecule has 1 N–H and O–H groups in total. The number of anilines is 2. The number of halogens is 1. The maximum absolute atomic E-state index is 6.22. The Morgan fingerprint density at radius 3 is 2.62 bits per heavy atom. The molecule has 7 nitrogen and oxygen atoms in total. The zero-order chi connectivity index (χ0) is 25.0. The number of hydrogen-bond donors (Lipinski definition) is 1. The number of aromatic nitrogens is 3. The highest BCUT2D eigenvalue weighted by molar-refractivity contribution is 6.30. The number of rotatable bonds is 6. The van der Waals surface area contributed by atoms with Gasteiger partial charge in [0.15, 0.2) is 0 Å². The fraction of sp³-hybridized carbons (Fsp3) is 0.207. The highest BCUT2D eigenvalue weighted by Gasteiger charge is 2.17. The fourth-order valence-corrected chi connectivity index (χ4v) is 4.80. The standard InChI is InChI=1S/C29H27ClN6O/c30-21-7-9-23(10-8-21)36-28-6-2-1-5-24(28)34-27-18-26(33-22-4-3-11-31-20-22)25(19-29(27)36)32-12-13-35-14-16-37-17-15-35/h1-11,18-20,33H,12-17H2/b32-25+. The molecule has 1 aromatic heterocycles. The molecule has 0 unspecified atom stereocenters. The molecule has 8 heteroatoms. The number of hydrogen-bond acceptors (Lipinski definition) is 6. The predicted octanol–water partition coefficient (Wildman–Crippen LogP) is 5.16. The molecule has 0 amide bonds. The van der Waals surface area contributed by atoms with Gasteiger partial charge in [0.1, 0.15) is 0 Å². The van der Waals surface area contributed by atoms with E-state index in [0.717, 1.165) is 77.7 Å². The van der Waals surface area contributed by atoms with Crippen LogP contribution in [0.25, 0.3) is 28.1 Å². The van der Waals surface area contributed by atoms with Crippen LogP contribution in [0.15, 0.2) is 90.2 Å². The van der Waals surface area contributed by atoms with Crippen LogP contribution < -0.4 is 10.7 Å². The fourth-order valence-electron chi connectivity index (χ4n) is 4.67. The van der Waals surface area contributed by atoms with Crippen molar-refractivity contribution in [3.05, 3.63) is 95.6 Å². The molecule has 0 radical (unpaired) electrons. The SMILES string of the molecule is Clc1ccc(-n2c3c/c(=N\CCN4CCOCC4)c(Nc4cccnc4)cc-3nc3ccccc32)cc1. The number of pyridine rings is 1. The average molecular weight is 511 g/mol. The predicted molar refractivity (Wildman–Crippen MR) is 148 cm³/mol. The first-order valence-corrected chi connectivity index (χ1v) is 12.8. The summed E-state index contributed by atoms with van der Waals surface area (Å²) in [7, 11) is 0. The van der Waals surface area contributed by atoms with Gasteiger partial charge in [-0.3, -0.25) is 14.9 Å². The van der Waals surface area contributed by atoms with E-state index in [1.807, 2.05) is 60.8 Å². The van der Waals surface area contributed by atoms with Gasteiger partial charge in [0, 0.05) is 36.5 Å². The van der Waals surface area contributed by atoms with Crippen molar-refractivity contribution in [2.75, 3.05) is 44.7 Å². The van der Waals surface area contributed by atoms with Gasteiger partial charge in [0.25, 0.3) is 0 Å². The second-order valence-electron chi connectivity index (χ2n) is 8.97. The molecule has 0 atom stereocenters. The number of nitrogens with zero attached hydrogens (tertiary/aromatic N) is 5. The third kappa shape index (κ3) is 5.20. The van der Waals surface area contributed by atoms with Crippen molar-refractivity contribution >= 4 is 34.0 Å². The molecular formula is C29H27ClN6O. The zero-order valence-corrected chi connectivity index (χ0v) is 21.1. The summed E-state index contributed by atoms with van der Waals surface area (Å²) in [5.41, 5.74) is 6.58. The Labute approximate surface area is 220 Å². The van der Waals surface area contributed by atoms with Gasteiger partial charge in [0.2, 0.25) is 0 Å². The Bertz CT molecular complexity index is 1550. The molecule has 3 heterocycles. The summed E-state index contributed by atoms with van der Waals surface area (Å²) in [6.07, 6.45) is 3.57. The first kappa shape index (κ1) is 23.6. The molecule has 37 heavy (non-hydrogen) atoms. The van der Waals surface area contributed by atoms with Gasteiger partial charge >= 0.3 is 0 Å². The first-order chi connectivity index (χ1) is 18.2. The Hall–Kier alpha value is -3.78. The molecule has 3 aromatic rings. The highest BCUT2D eigenvalue weighted by Crippen LogP contribution is 2.30. The molecule has 1 fully saturated rings. The van der Waals surface area contributed by atoms with Crippen LogP contribution in [0.1, 0.15) is 0 Å². The number of benzene rings is 3. The van der Waals surface area contributed by atoms with Crippen LogP contribution in [0, 0.1) is 0 Å². The lowest BCUT2D eigenvalue weighted by molar-refractivity contribution is 0.0394. The van der Waals surface area contributed by atoms with Crippen molar-refractivity contribution in [3.8, 4) is 17.1 Å². The van der Waals surface area contributed by atoms with Crippen LogP contribution in [0.3, 0.4) is 0 Å². The van der Waals surface area contributed by atoms with Gasteiger partial charge in [-0.1, -0.05) is 23.7 Å². The summed E-state index contributed by atoms with van der Waals surface area (Å²) >= 11 is 6.22. The summed E-state index contributed by atoms with van der Waals surface area (Å²) in [5, 5.41) is 5.09. The molecule has 1 saturated heterocycles. The van der Waals surface area contributed by atoms with Gasteiger partial charge in [0.05, 0.1) is 65.1 Å². The van der Waals surface area contributed by atoms with Crippen LogP contribution >= 0.6 is 11.6 Å². The van der Waals surface area contributed by atoms with Crippen molar-refractivity contribution in [3.63, 3.8) is 0 Å². The van der Waals surface area contributed by atoms with Crippen LogP contribution in [-0.4, -0.2) is 58.8 Å². The molecule has 0 saturated carbocycles. The normalized spacial score (nSPS) is 14.9. The van der Waals surface area contributed by atoms with E-state index in [-0.39, 0.29) is 0 Å². The first-order valence-electron chi connectivity index (χ1n) is 12.4. The summed E-state index contributed by atoms with van der Waals surface area (Å²) in [5.74, 6) is 0. The Balaban J connectivity index is 1.52. The smallest absolute Gasteiger partial charge is 0.0900 e. The molecule has 1 aliphatic carbocycles. The number of nitrogens with one attached hydrogen (secondary N) is 1. The molecule has 2 aromatic carbocycles. The van der Waals surface area contributed by atoms with E-state index >= 15 is 0 Å². The molecular weight excluding hydrogens is 484 g/mol. The molecule has 0 spiro atoms. The molecule has 3 aliphatic rings. The third-order valence-corrected chi connectivity index (χ3v) is 6.78. The summed E-state index contributed by atoms with van der Waals surface area (Å²) in [6.45, 7) is 5.03. The maximum atomic E-state index is 6.22. The van der Waals surface area contributed by atoms with E-state index in [4.69, 9.17) is 26.3 Å². The van der Waals surface area contributed by atoms with Crippen molar-refractivity contribution in [1.82, 2.24) is 19.4 Å². The van der Waals surface area contributed by atoms with Crippen molar-refractivity contribution in [1.29, 1.82) is 0 Å². The number of fused-ring (bicyclic) bond motifs is 2. The van der Waals surface area contributed by atoms with Crippen LogP contribution in [0.5, 0.6) is 0 Å². The monoisotopic (exact) mass is 510 g/mol. The molecule has 2 aliphatic heterocycles. The third-order valence-electron chi connectivity index (χ3n) is 6.52. The van der Waals surface area contributed by atoms with Crippen LogP contribution in [0.2, 0.25) is 5.02 Å². The minimum Gasteiger partial charge on any atom is -0.379 e.